The summed E-state index contributed by atoms with van der Waals surface area (Å²) in [4.78, 5) is 6.05. The summed E-state index contributed by atoms with van der Waals surface area (Å²) in [6.07, 6.45) is 1.54. The minimum Gasteiger partial charge on any atom is -0.354 e. The maximum absolute atomic E-state index is 13.0. The van der Waals surface area contributed by atoms with E-state index >= 15 is 0 Å². The highest BCUT2D eigenvalue weighted by Crippen LogP contribution is 2.35. The molecule has 114 valence electrons. The molecule has 0 saturated heterocycles. The zero-order valence-corrected chi connectivity index (χ0v) is 12.0. The van der Waals surface area contributed by atoms with Gasteiger partial charge in [-0.05, 0) is 25.3 Å². The van der Waals surface area contributed by atoms with Crippen LogP contribution in [0.4, 0.5) is 19.0 Å². The third kappa shape index (κ3) is 3.46. The van der Waals surface area contributed by atoms with Gasteiger partial charge in [0.25, 0.3) is 0 Å². The molecule has 0 radical (unpaired) electrons. The Morgan fingerprint density at radius 3 is 2.57 bits per heavy atom. The standard InChI is InChI=1S/C15H18F3N3/c1-2-7-21(12-5-3-4-6-12)14-8-13(15(16,17)18)11(9-19)10-20-14/h8,10,12H,2-7H2,1H3. The van der Waals surface area contributed by atoms with Crippen LogP contribution in [0, 0.1) is 11.3 Å². The Kier molecular flexibility index (Phi) is 4.71. The highest BCUT2D eigenvalue weighted by atomic mass is 19.4. The molecule has 1 saturated carbocycles. The van der Waals surface area contributed by atoms with Crippen molar-refractivity contribution < 1.29 is 13.2 Å². The highest BCUT2D eigenvalue weighted by Gasteiger charge is 2.35. The van der Waals surface area contributed by atoms with Gasteiger partial charge in [0.1, 0.15) is 11.9 Å². The Hall–Kier alpha value is -1.77. The summed E-state index contributed by atoms with van der Waals surface area (Å²) in [5.74, 6) is 0.329. The van der Waals surface area contributed by atoms with Gasteiger partial charge < -0.3 is 4.90 Å². The van der Waals surface area contributed by atoms with E-state index in [1.165, 1.54) is 0 Å². The number of hydrogen-bond acceptors (Lipinski definition) is 3. The lowest BCUT2D eigenvalue weighted by molar-refractivity contribution is -0.137. The van der Waals surface area contributed by atoms with Crippen molar-refractivity contribution in [3.63, 3.8) is 0 Å². The maximum atomic E-state index is 13.0. The smallest absolute Gasteiger partial charge is 0.354 e. The summed E-state index contributed by atoms with van der Waals surface area (Å²) in [5, 5.41) is 8.82. The van der Waals surface area contributed by atoms with Crippen molar-refractivity contribution in [1.29, 1.82) is 5.26 Å². The van der Waals surface area contributed by atoms with E-state index in [2.05, 4.69) is 4.98 Å². The van der Waals surface area contributed by atoms with Crippen LogP contribution in [-0.2, 0) is 6.18 Å². The molecule has 1 heterocycles. The molecule has 0 amide bonds. The van der Waals surface area contributed by atoms with E-state index in [-0.39, 0.29) is 6.04 Å². The molecule has 3 nitrogen and oxygen atoms in total. The number of alkyl halides is 3. The monoisotopic (exact) mass is 297 g/mol. The van der Waals surface area contributed by atoms with Crippen molar-refractivity contribution in [3.05, 3.63) is 23.4 Å². The van der Waals surface area contributed by atoms with Gasteiger partial charge >= 0.3 is 6.18 Å². The molecule has 1 aliphatic carbocycles. The molecule has 0 spiro atoms. The third-order valence-corrected chi connectivity index (χ3v) is 3.84. The molecule has 0 bridgehead atoms. The van der Waals surface area contributed by atoms with Crippen molar-refractivity contribution in [2.24, 2.45) is 0 Å². The van der Waals surface area contributed by atoms with Crippen LogP contribution in [0.2, 0.25) is 0 Å². The minimum atomic E-state index is -4.53. The minimum absolute atomic E-state index is 0.256. The Bertz CT molecular complexity index is 528. The van der Waals surface area contributed by atoms with Gasteiger partial charge in [-0.3, -0.25) is 0 Å². The second-order valence-corrected chi connectivity index (χ2v) is 5.33. The predicted octanol–water partition coefficient (Wildman–Crippen LogP) is 4.13. The van der Waals surface area contributed by atoms with Crippen molar-refractivity contribution >= 4 is 5.82 Å². The van der Waals surface area contributed by atoms with E-state index in [4.69, 9.17) is 5.26 Å². The molecule has 0 aliphatic heterocycles. The molecule has 2 rings (SSSR count). The van der Waals surface area contributed by atoms with Crippen LogP contribution in [0.15, 0.2) is 12.3 Å². The van der Waals surface area contributed by atoms with Gasteiger partial charge in [-0.2, -0.15) is 18.4 Å². The number of halogens is 3. The van der Waals surface area contributed by atoms with E-state index in [0.717, 1.165) is 44.4 Å². The van der Waals surface area contributed by atoms with E-state index < -0.39 is 17.3 Å². The number of pyridine rings is 1. The van der Waals surface area contributed by atoms with Crippen molar-refractivity contribution in [2.75, 3.05) is 11.4 Å². The summed E-state index contributed by atoms with van der Waals surface area (Å²) < 4.78 is 39.1. The average molecular weight is 297 g/mol. The largest absolute Gasteiger partial charge is 0.417 e. The summed E-state index contributed by atoms with van der Waals surface area (Å²) in [5.41, 5.74) is -1.32. The Labute approximate surface area is 122 Å². The quantitative estimate of drug-likeness (QED) is 0.839. The van der Waals surface area contributed by atoms with Crippen LogP contribution in [0.25, 0.3) is 0 Å². The van der Waals surface area contributed by atoms with E-state index in [1.807, 2.05) is 11.8 Å². The normalized spacial score (nSPS) is 16.0. The number of nitrogens with zero attached hydrogens (tertiary/aromatic N) is 3. The summed E-state index contributed by atoms with van der Waals surface area (Å²) >= 11 is 0. The van der Waals surface area contributed by atoms with Crippen LogP contribution < -0.4 is 4.90 Å². The van der Waals surface area contributed by atoms with Gasteiger partial charge in [0.15, 0.2) is 0 Å². The van der Waals surface area contributed by atoms with Gasteiger partial charge in [0.2, 0.25) is 0 Å². The lowest BCUT2D eigenvalue weighted by Crippen LogP contribution is -2.35. The van der Waals surface area contributed by atoms with Crippen molar-refractivity contribution in [2.45, 2.75) is 51.2 Å². The molecule has 0 unspecified atom stereocenters. The summed E-state index contributed by atoms with van der Waals surface area (Å²) in [6.45, 7) is 2.68. The zero-order valence-electron chi connectivity index (χ0n) is 12.0. The molecular formula is C15H18F3N3. The average Bonchev–Trinajstić information content (AvgIpc) is 2.97. The first-order valence-electron chi connectivity index (χ1n) is 7.21. The van der Waals surface area contributed by atoms with Crippen LogP contribution in [0.3, 0.4) is 0 Å². The highest BCUT2D eigenvalue weighted by molar-refractivity contribution is 5.49. The molecule has 0 aromatic carbocycles. The van der Waals surface area contributed by atoms with E-state index in [1.54, 1.807) is 6.07 Å². The third-order valence-electron chi connectivity index (χ3n) is 3.84. The van der Waals surface area contributed by atoms with Gasteiger partial charge in [-0.15, -0.1) is 0 Å². The van der Waals surface area contributed by atoms with Gasteiger partial charge in [0.05, 0.1) is 11.1 Å². The fourth-order valence-corrected chi connectivity index (χ4v) is 2.87. The number of nitriles is 1. The van der Waals surface area contributed by atoms with Crippen LogP contribution in [-0.4, -0.2) is 17.6 Å². The molecule has 1 fully saturated rings. The molecule has 0 N–H and O–H groups in total. The van der Waals surface area contributed by atoms with Gasteiger partial charge in [0, 0.05) is 18.8 Å². The molecular weight excluding hydrogens is 279 g/mol. The van der Waals surface area contributed by atoms with E-state index in [0.29, 0.717) is 12.4 Å². The predicted molar refractivity (Wildman–Crippen MR) is 73.8 cm³/mol. The molecule has 1 aromatic heterocycles. The van der Waals surface area contributed by atoms with Crippen molar-refractivity contribution in [3.8, 4) is 6.07 Å². The fraction of sp³-hybridized carbons (Fsp3) is 0.600. The summed E-state index contributed by atoms with van der Waals surface area (Å²) in [6, 6.07) is 2.85. The van der Waals surface area contributed by atoms with Crippen molar-refractivity contribution in [1.82, 2.24) is 4.98 Å². The second kappa shape index (κ2) is 6.33. The fourth-order valence-electron chi connectivity index (χ4n) is 2.87. The first-order valence-corrected chi connectivity index (χ1v) is 7.21. The Morgan fingerprint density at radius 1 is 1.38 bits per heavy atom. The van der Waals surface area contributed by atoms with Crippen LogP contribution >= 0.6 is 0 Å². The molecule has 1 aliphatic rings. The van der Waals surface area contributed by atoms with E-state index in [9.17, 15) is 13.2 Å². The first kappa shape index (κ1) is 15.6. The lowest BCUT2D eigenvalue weighted by atomic mass is 10.1. The Morgan fingerprint density at radius 2 is 2.05 bits per heavy atom. The van der Waals surface area contributed by atoms with Crippen LogP contribution in [0.1, 0.15) is 50.2 Å². The number of aromatic nitrogens is 1. The number of anilines is 1. The maximum Gasteiger partial charge on any atom is 0.417 e. The second-order valence-electron chi connectivity index (χ2n) is 5.33. The van der Waals surface area contributed by atoms with Gasteiger partial charge in [-0.25, -0.2) is 4.98 Å². The Balaban J connectivity index is 2.39. The summed E-state index contributed by atoms with van der Waals surface area (Å²) in [7, 11) is 0. The first-order chi connectivity index (χ1) is 9.97. The molecule has 0 atom stereocenters. The van der Waals surface area contributed by atoms with Gasteiger partial charge in [-0.1, -0.05) is 19.8 Å². The number of hydrogen-bond donors (Lipinski definition) is 0. The molecule has 6 heteroatoms. The SMILES string of the molecule is CCCN(c1cc(C(F)(F)F)c(C#N)cn1)C1CCCC1. The van der Waals surface area contributed by atoms with Crippen LogP contribution in [0.5, 0.6) is 0 Å². The molecule has 21 heavy (non-hydrogen) atoms. The topological polar surface area (TPSA) is 39.9 Å². The lowest BCUT2D eigenvalue weighted by Gasteiger charge is -2.30. The zero-order chi connectivity index (χ0) is 15.5. The number of rotatable bonds is 4. The molecule has 1 aromatic rings.